The predicted octanol–water partition coefficient (Wildman–Crippen LogP) is 1.47. The van der Waals surface area contributed by atoms with Gasteiger partial charge < -0.3 is 0 Å². The molecule has 1 aromatic carbocycles. The van der Waals surface area contributed by atoms with Crippen LogP contribution in [0, 0.1) is 0 Å². The molecule has 0 amide bonds. The molecule has 2 rings (SSSR count). The number of Topliss-reactive ketones (excluding diaryl/α,β-unsaturated/α-hetero) is 1. The fourth-order valence-corrected chi connectivity index (χ4v) is 1.22. The zero-order valence-electron chi connectivity index (χ0n) is 7.71. The van der Waals surface area contributed by atoms with Crippen LogP contribution in [0.3, 0.4) is 0 Å². The van der Waals surface area contributed by atoms with Crippen LogP contribution >= 0.6 is 0 Å². The van der Waals surface area contributed by atoms with Gasteiger partial charge in [-0.15, -0.1) is 10.2 Å². The molecule has 14 heavy (non-hydrogen) atoms. The Bertz CT molecular complexity index is 448. The van der Waals surface area contributed by atoms with Crippen molar-refractivity contribution in [2.75, 3.05) is 0 Å². The number of nitrogens with zero attached hydrogens (tertiary/aromatic N) is 3. The number of ketones is 1. The Hall–Kier alpha value is -1.97. The molecule has 0 bridgehead atoms. The molecule has 4 nitrogen and oxygen atoms in total. The smallest absolute Gasteiger partial charge is 0.159 e. The van der Waals surface area contributed by atoms with E-state index < -0.39 is 0 Å². The maximum atomic E-state index is 11.1. The van der Waals surface area contributed by atoms with Crippen LogP contribution < -0.4 is 0 Å². The van der Waals surface area contributed by atoms with E-state index in [1.54, 1.807) is 30.2 Å². The van der Waals surface area contributed by atoms with Gasteiger partial charge in [-0.3, -0.25) is 9.36 Å². The maximum Gasteiger partial charge on any atom is 0.159 e. The Morgan fingerprint density at radius 2 is 2.00 bits per heavy atom. The standard InChI is InChI=1S/C10H9N3O/c1-8(14)9-3-2-4-10(5-9)13-6-11-12-7-13/h2-7H,1H3. The van der Waals surface area contributed by atoms with Gasteiger partial charge in [-0.1, -0.05) is 12.1 Å². The molecule has 0 N–H and O–H groups in total. The van der Waals surface area contributed by atoms with Crippen LogP contribution in [0.25, 0.3) is 5.69 Å². The number of hydrogen-bond acceptors (Lipinski definition) is 3. The van der Waals surface area contributed by atoms with Crippen molar-refractivity contribution in [1.82, 2.24) is 14.8 Å². The highest BCUT2D eigenvalue weighted by molar-refractivity contribution is 5.94. The lowest BCUT2D eigenvalue weighted by molar-refractivity contribution is 0.101. The highest BCUT2D eigenvalue weighted by Gasteiger charge is 2.01. The minimum absolute atomic E-state index is 0.0555. The molecule has 0 atom stereocenters. The van der Waals surface area contributed by atoms with E-state index in [9.17, 15) is 4.79 Å². The number of benzene rings is 1. The van der Waals surface area contributed by atoms with Crippen molar-refractivity contribution in [2.24, 2.45) is 0 Å². The van der Waals surface area contributed by atoms with E-state index in [1.165, 1.54) is 0 Å². The molecule has 4 heteroatoms. The molecule has 1 aromatic heterocycles. The zero-order valence-corrected chi connectivity index (χ0v) is 7.71. The number of hydrogen-bond donors (Lipinski definition) is 0. The molecular weight excluding hydrogens is 178 g/mol. The second-order valence-electron chi connectivity index (χ2n) is 2.98. The van der Waals surface area contributed by atoms with E-state index in [4.69, 9.17) is 0 Å². The molecule has 0 radical (unpaired) electrons. The lowest BCUT2D eigenvalue weighted by atomic mass is 10.1. The Morgan fingerprint density at radius 1 is 1.29 bits per heavy atom. The van der Waals surface area contributed by atoms with Crippen molar-refractivity contribution >= 4 is 5.78 Å². The summed E-state index contributed by atoms with van der Waals surface area (Å²) in [4.78, 5) is 11.1. The summed E-state index contributed by atoms with van der Waals surface area (Å²) in [5, 5.41) is 7.40. The minimum atomic E-state index is 0.0555. The van der Waals surface area contributed by atoms with Crippen molar-refractivity contribution in [3.8, 4) is 5.69 Å². The molecule has 0 aliphatic rings. The molecule has 0 aliphatic heterocycles. The van der Waals surface area contributed by atoms with Crippen molar-refractivity contribution in [1.29, 1.82) is 0 Å². The molecule has 0 unspecified atom stereocenters. The normalized spacial score (nSPS) is 10.1. The van der Waals surface area contributed by atoms with Crippen LogP contribution in [-0.2, 0) is 0 Å². The Morgan fingerprint density at radius 3 is 2.64 bits per heavy atom. The van der Waals surface area contributed by atoms with Gasteiger partial charge in [0.05, 0.1) is 0 Å². The van der Waals surface area contributed by atoms with Crippen LogP contribution in [0.2, 0.25) is 0 Å². The van der Waals surface area contributed by atoms with E-state index in [-0.39, 0.29) is 5.78 Å². The third-order valence-corrected chi connectivity index (χ3v) is 1.97. The number of aromatic nitrogens is 3. The van der Waals surface area contributed by atoms with Crippen molar-refractivity contribution in [2.45, 2.75) is 6.92 Å². The Balaban J connectivity index is 2.46. The molecule has 0 spiro atoms. The van der Waals surface area contributed by atoms with Gasteiger partial charge in [0.25, 0.3) is 0 Å². The SMILES string of the molecule is CC(=O)c1cccc(-n2cnnc2)c1. The third-order valence-electron chi connectivity index (χ3n) is 1.97. The van der Waals surface area contributed by atoms with Gasteiger partial charge in [0.2, 0.25) is 0 Å². The minimum Gasteiger partial charge on any atom is -0.295 e. The summed E-state index contributed by atoms with van der Waals surface area (Å²) >= 11 is 0. The lowest BCUT2D eigenvalue weighted by Crippen LogP contribution is -1.95. The van der Waals surface area contributed by atoms with Gasteiger partial charge in [-0.25, -0.2) is 0 Å². The Kier molecular flexibility index (Phi) is 2.10. The zero-order chi connectivity index (χ0) is 9.97. The third kappa shape index (κ3) is 1.54. The average Bonchev–Trinajstić information content (AvgIpc) is 2.71. The molecule has 2 aromatic rings. The molecule has 70 valence electrons. The van der Waals surface area contributed by atoms with Crippen molar-refractivity contribution < 1.29 is 4.79 Å². The van der Waals surface area contributed by atoms with E-state index in [0.29, 0.717) is 5.56 Å². The first kappa shape index (κ1) is 8.62. The summed E-state index contributed by atoms with van der Waals surface area (Å²) < 4.78 is 1.76. The fourth-order valence-electron chi connectivity index (χ4n) is 1.22. The Labute approximate surface area is 81.2 Å². The summed E-state index contributed by atoms with van der Waals surface area (Å²) in [6, 6.07) is 7.34. The summed E-state index contributed by atoms with van der Waals surface area (Å²) in [6.45, 7) is 1.55. The monoisotopic (exact) mass is 187 g/mol. The summed E-state index contributed by atoms with van der Waals surface area (Å²) in [7, 11) is 0. The van der Waals surface area contributed by atoms with Gasteiger partial charge in [0.15, 0.2) is 5.78 Å². The molecule has 0 saturated carbocycles. The first-order chi connectivity index (χ1) is 6.77. The van der Waals surface area contributed by atoms with Crippen LogP contribution in [0.4, 0.5) is 0 Å². The van der Waals surface area contributed by atoms with Crippen molar-refractivity contribution in [3.05, 3.63) is 42.5 Å². The first-order valence-electron chi connectivity index (χ1n) is 4.23. The number of carbonyl (C=O) groups excluding carboxylic acids is 1. The summed E-state index contributed by atoms with van der Waals surface area (Å²) in [5.74, 6) is 0.0555. The quantitative estimate of drug-likeness (QED) is 0.669. The second kappa shape index (κ2) is 3.41. The highest BCUT2D eigenvalue weighted by atomic mass is 16.1. The number of carbonyl (C=O) groups is 1. The molecular formula is C10H9N3O. The van der Waals surface area contributed by atoms with E-state index in [2.05, 4.69) is 10.2 Å². The highest BCUT2D eigenvalue weighted by Crippen LogP contribution is 2.09. The van der Waals surface area contributed by atoms with Gasteiger partial charge in [-0.2, -0.15) is 0 Å². The van der Waals surface area contributed by atoms with Crippen LogP contribution in [0.5, 0.6) is 0 Å². The molecule has 1 heterocycles. The van der Waals surface area contributed by atoms with Crippen LogP contribution in [0.1, 0.15) is 17.3 Å². The summed E-state index contributed by atoms with van der Waals surface area (Å²) in [6.07, 6.45) is 3.19. The molecule has 0 aliphatic carbocycles. The van der Waals surface area contributed by atoms with Gasteiger partial charge in [0.1, 0.15) is 12.7 Å². The van der Waals surface area contributed by atoms with Gasteiger partial charge in [-0.05, 0) is 19.1 Å². The van der Waals surface area contributed by atoms with Gasteiger partial charge in [0, 0.05) is 11.3 Å². The summed E-state index contributed by atoms with van der Waals surface area (Å²) in [5.41, 5.74) is 1.58. The fraction of sp³-hybridized carbons (Fsp3) is 0.100. The maximum absolute atomic E-state index is 11.1. The van der Waals surface area contributed by atoms with Crippen molar-refractivity contribution in [3.63, 3.8) is 0 Å². The van der Waals surface area contributed by atoms with Crippen LogP contribution in [0.15, 0.2) is 36.9 Å². The molecule has 0 saturated heterocycles. The first-order valence-corrected chi connectivity index (χ1v) is 4.23. The molecule has 0 fully saturated rings. The second-order valence-corrected chi connectivity index (χ2v) is 2.98. The largest absolute Gasteiger partial charge is 0.295 e. The predicted molar refractivity (Wildman–Crippen MR) is 51.4 cm³/mol. The van der Waals surface area contributed by atoms with E-state index in [0.717, 1.165) is 5.69 Å². The van der Waals surface area contributed by atoms with Crippen LogP contribution in [-0.4, -0.2) is 20.5 Å². The van der Waals surface area contributed by atoms with Gasteiger partial charge >= 0.3 is 0 Å². The average molecular weight is 187 g/mol. The topological polar surface area (TPSA) is 47.8 Å². The van der Waals surface area contributed by atoms with E-state index in [1.807, 2.05) is 18.2 Å². The van der Waals surface area contributed by atoms with E-state index >= 15 is 0 Å². The lowest BCUT2D eigenvalue weighted by Gasteiger charge is -2.01. The number of rotatable bonds is 2.